The van der Waals surface area contributed by atoms with Crippen molar-refractivity contribution in [1.82, 2.24) is 34.4 Å². The van der Waals surface area contributed by atoms with E-state index >= 15 is 0 Å². The van der Waals surface area contributed by atoms with Crippen LogP contribution in [0.15, 0.2) is 25.2 Å². The first-order valence-electron chi connectivity index (χ1n) is 9.92. The van der Waals surface area contributed by atoms with Crippen molar-refractivity contribution in [3.63, 3.8) is 0 Å². The van der Waals surface area contributed by atoms with Gasteiger partial charge in [-0.2, -0.15) is 0 Å². The van der Waals surface area contributed by atoms with Crippen LogP contribution in [0.2, 0.25) is 0 Å². The Morgan fingerprint density at radius 3 is 2.83 bits per heavy atom. The molecule has 4 atom stereocenters. The minimum Gasteiger partial charge on any atom is -0.387 e. The lowest BCUT2D eigenvalue weighted by atomic mass is 10.1. The molecule has 4 heterocycles. The third-order valence-electron chi connectivity index (χ3n) is 5.36. The van der Waals surface area contributed by atoms with Crippen molar-refractivity contribution in [1.29, 1.82) is 0 Å². The Bertz CT molecular complexity index is 948. The van der Waals surface area contributed by atoms with Crippen LogP contribution in [0.5, 0.6) is 0 Å². The van der Waals surface area contributed by atoms with Gasteiger partial charge < -0.3 is 31.4 Å². The van der Waals surface area contributed by atoms with Crippen molar-refractivity contribution in [3.8, 4) is 0 Å². The molecule has 3 aromatic heterocycles. The zero-order chi connectivity index (χ0) is 21.1. The summed E-state index contributed by atoms with van der Waals surface area (Å²) >= 11 is 0. The highest BCUT2D eigenvalue weighted by Crippen LogP contribution is 2.32. The number of aromatic amines is 1. The normalized spacial score (nSPS) is 24.3. The maximum atomic E-state index is 10.6. The number of imidazole rings is 2. The third kappa shape index (κ3) is 4.13. The van der Waals surface area contributed by atoms with Crippen LogP contribution < -0.4 is 11.5 Å². The van der Waals surface area contributed by atoms with Gasteiger partial charge in [-0.05, 0) is 19.4 Å². The number of aryl methyl sites for hydroxylation is 1. The Morgan fingerprint density at radius 2 is 2.07 bits per heavy atom. The number of nitrogens with one attached hydrogen (secondary N) is 1. The first-order valence-corrected chi connectivity index (χ1v) is 9.92. The Labute approximate surface area is 172 Å². The number of nitrogen functional groups attached to an aromatic ring is 1. The van der Waals surface area contributed by atoms with E-state index in [9.17, 15) is 10.2 Å². The summed E-state index contributed by atoms with van der Waals surface area (Å²) in [7, 11) is 0. The number of ether oxygens (including phenoxy) is 1. The summed E-state index contributed by atoms with van der Waals surface area (Å²) in [6, 6.07) is 0. The van der Waals surface area contributed by atoms with Crippen LogP contribution in [0.4, 0.5) is 5.82 Å². The number of aliphatic hydroxyl groups is 2. The smallest absolute Gasteiger partial charge is 0.167 e. The summed E-state index contributed by atoms with van der Waals surface area (Å²) in [5, 5.41) is 21.2. The van der Waals surface area contributed by atoms with E-state index in [-0.39, 0.29) is 5.82 Å². The van der Waals surface area contributed by atoms with Crippen LogP contribution in [0, 0.1) is 0 Å². The largest absolute Gasteiger partial charge is 0.387 e. The average Bonchev–Trinajstić information content (AvgIpc) is 3.45. The molecule has 0 amide bonds. The molecule has 0 aromatic carbocycles. The summed E-state index contributed by atoms with van der Waals surface area (Å²) in [5.41, 5.74) is 13.5. The lowest BCUT2D eigenvalue weighted by Gasteiger charge is -2.26. The molecule has 12 nitrogen and oxygen atoms in total. The Hall–Kier alpha value is -2.64. The maximum absolute atomic E-state index is 10.6. The fraction of sp³-hybridized carbons (Fsp3) is 0.556. The second kappa shape index (κ2) is 9.02. The molecule has 0 bridgehead atoms. The number of fused-ring (bicyclic) bond motifs is 1. The highest BCUT2D eigenvalue weighted by molar-refractivity contribution is 5.81. The summed E-state index contributed by atoms with van der Waals surface area (Å²) in [6.07, 6.45) is 4.46. The molecule has 1 aliphatic heterocycles. The topological polar surface area (TPSA) is 177 Å². The maximum Gasteiger partial charge on any atom is 0.167 e. The highest BCUT2D eigenvalue weighted by atomic mass is 16.6. The molecule has 1 saturated heterocycles. The molecule has 0 spiro atoms. The Balaban J connectivity index is 1.42. The molecule has 4 rings (SSSR count). The molecular formula is C18H27N9O3. The van der Waals surface area contributed by atoms with Gasteiger partial charge in [-0.1, -0.05) is 0 Å². The summed E-state index contributed by atoms with van der Waals surface area (Å²) in [5.74, 6) is 0.245. The van der Waals surface area contributed by atoms with Gasteiger partial charge in [0.15, 0.2) is 17.7 Å². The van der Waals surface area contributed by atoms with Gasteiger partial charge in [0.2, 0.25) is 0 Å². The monoisotopic (exact) mass is 417 g/mol. The van der Waals surface area contributed by atoms with Gasteiger partial charge in [0.1, 0.15) is 30.2 Å². The third-order valence-corrected chi connectivity index (χ3v) is 5.36. The molecule has 0 saturated carbocycles. The van der Waals surface area contributed by atoms with Crippen LogP contribution >= 0.6 is 0 Å². The summed E-state index contributed by atoms with van der Waals surface area (Å²) in [4.78, 5) is 21.6. The minimum absolute atomic E-state index is 0.245. The Morgan fingerprint density at radius 1 is 1.20 bits per heavy atom. The van der Waals surface area contributed by atoms with Crippen LogP contribution in [0.3, 0.4) is 0 Å². The van der Waals surface area contributed by atoms with Gasteiger partial charge in [-0.15, -0.1) is 0 Å². The van der Waals surface area contributed by atoms with Gasteiger partial charge in [-0.25, -0.2) is 19.9 Å². The first kappa shape index (κ1) is 20.6. The molecule has 0 radical (unpaired) electrons. The van der Waals surface area contributed by atoms with Crippen LogP contribution in [0.1, 0.15) is 18.3 Å². The zero-order valence-electron chi connectivity index (χ0n) is 16.5. The van der Waals surface area contributed by atoms with E-state index in [1.165, 1.54) is 12.7 Å². The van der Waals surface area contributed by atoms with Crippen molar-refractivity contribution in [2.75, 3.05) is 31.9 Å². The molecule has 12 heteroatoms. The number of aliphatic hydroxyl groups excluding tert-OH is 2. The quantitative estimate of drug-likeness (QED) is 0.279. The fourth-order valence-electron chi connectivity index (χ4n) is 3.81. The molecule has 7 N–H and O–H groups in total. The van der Waals surface area contributed by atoms with E-state index in [0.717, 1.165) is 25.1 Å². The van der Waals surface area contributed by atoms with E-state index in [4.69, 9.17) is 16.2 Å². The van der Waals surface area contributed by atoms with E-state index in [2.05, 4.69) is 29.8 Å². The predicted octanol–water partition coefficient (Wildman–Crippen LogP) is -1.36. The number of H-pyrrole nitrogens is 1. The average molecular weight is 417 g/mol. The minimum atomic E-state index is -1.13. The van der Waals surface area contributed by atoms with Gasteiger partial charge >= 0.3 is 0 Å². The lowest BCUT2D eigenvalue weighted by molar-refractivity contribution is -0.0439. The molecule has 3 aromatic rings. The number of aromatic nitrogens is 6. The van der Waals surface area contributed by atoms with Gasteiger partial charge in [0.25, 0.3) is 0 Å². The second-order valence-electron chi connectivity index (χ2n) is 7.40. The van der Waals surface area contributed by atoms with Crippen LogP contribution in [-0.4, -0.2) is 89.1 Å². The molecular weight excluding hydrogens is 390 g/mol. The molecule has 0 unspecified atom stereocenters. The zero-order valence-corrected chi connectivity index (χ0v) is 16.5. The van der Waals surface area contributed by atoms with Crippen molar-refractivity contribution >= 4 is 17.0 Å². The number of hydrogen-bond donors (Lipinski definition) is 5. The molecule has 30 heavy (non-hydrogen) atoms. The molecule has 0 aliphatic carbocycles. The van der Waals surface area contributed by atoms with Crippen molar-refractivity contribution < 1.29 is 14.9 Å². The number of nitrogens with two attached hydrogens (primary N) is 2. The standard InChI is InChI=1S/C18H27N9O3/c19-3-5-26(4-1-2-11-6-21-8-22-11)7-12-14(28)15(29)18(30-12)27-10-25-13-16(20)23-9-24-17(13)27/h6,8-10,12,14-15,18,28-29H,1-5,7,19H2,(H,21,22)(H2,20,23,24)/t12-,14-,15-,18-/m1/s1. The molecule has 162 valence electrons. The predicted molar refractivity (Wildman–Crippen MR) is 108 cm³/mol. The van der Waals surface area contributed by atoms with E-state index < -0.39 is 24.5 Å². The summed E-state index contributed by atoms with van der Waals surface area (Å²) in [6.45, 7) is 2.37. The van der Waals surface area contributed by atoms with E-state index in [0.29, 0.717) is 30.8 Å². The van der Waals surface area contributed by atoms with Crippen LogP contribution in [-0.2, 0) is 11.2 Å². The first-order chi connectivity index (χ1) is 14.6. The van der Waals surface area contributed by atoms with Gasteiger partial charge in [0.05, 0.1) is 12.7 Å². The van der Waals surface area contributed by atoms with Gasteiger partial charge in [-0.3, -0.25) is 9.47 Å². The summed E-state index contributed by atoms with van der Waals surface area (Å²) < 4.78 is 7.61. The fourth-order valence-corrected chi connectivity index (χ4v) is 3.81. The lowest BCUT2D eigenvalue weighted by Crippen LogP contribution is -2.42. The SMILES string of the molecule is NCCN(CCCc1cnc[nH]1)C[C@H]1O[C@@H](n2cnc3c(N)ncnc32)[C@H](O)[C@@H]1O. The number of rotatable bonds is 9. The number of nitrogens with zero attached hydrogens (tertiary/aromatic N) is 6. The second-order valence-corrected chi connectivity index (χ2v) is 7.40. The van der Waals surface area contributed by atoms with Crippen molar-refractivity contribution in [2.24, 2.45) is 5.73 Å². The van der Waals surface area contributed by atoms with Gasteiger partial charge in [0, 0.05) is 31.5 Å². The Kier molecular flexibility index (Phi) is 6.20. The highest BCUT2D eigenvalue weighted by Gasteiger charge is 2.44. The van der Waals surface area contributed by atoms with Crippen molar-refractivity contribution in [2.45, 2.75) is 37.4 Å². The number of hydrogen-bond acceptors (Lipinski definition) is 10. The number of anilines is 1. The van der Waals surface area contributed by atoms with E-state index in [1.54, 1.807) is 10.9 Å². The van der Waals surface area contributed by atoms with Crippen LogP contribution in [0.25, 0.3) is 11.2 Å². The molecule has 1 fully saturated rings. The van der Waals surface area contributed by atoms with Crippen molar-refractivity contribution in [3.05, 3.63) is 30.9 Å². The molecule has 1 aliphatic rings. The van der Waals surface area contributed by atoms with E-state index in [1.807, 2.05) is 6.20 Å².